The molecule has 0 unspecified atom stereocenters. The second kappa shape index (κ2) is 5.76. The maximum Gasteiger partial charge on any atom is 0.151 e. The Hall–Kier alpha value is -2.00. The molecule has 0 aromatic heterocycles. The molecule has 3 nitrogen and oxygen atoms in total. The van der Waals surface area contributed by atoms with Gasteiger partial charge in [-0.05, 0) is 29.8 Å². The Kier molecular flexibility index (Phi) is 4.07. The average Bonchev–Trinajstić information content (AvgIpc) is 2.46. The molecule has 2 aromatic rings. The minimum absolute atomic E-state index is 0.403. The number of aldehydes is 1. The van der Waals surface area contributed by atoms with Gasteiger partial charge in [-0.15, -0.1) is 0 Å². The topological polar surface area (TPSA) is 35.5 Å². The SMILES string of the molecule is COc1cccc(OC)c1-c1ccc(C=O)c(Cl)c1. The van der Waals surface area contributed by atoms with Crippen LogP contribution in [-0.4, -0.2) is 20.5 Å². The molecule has 2 aromatic carbocycles. The van der Waals surface area contributed by atoms with E-state index in [4.69, 9.17) is 21.1 Å². The molecule has 0 saturated heterocycles. The quantitative estimate of drug-likeness (QED) is 0.796. The van der Waals surface area contributed by atoms with Crippen molar-refractivity contribution in [2.45, 2.75) is 0 Å². The van der Waals surface area contributed by atoms with Crippen molar-refractivity contribution in [1.29, 1.82) is 0 Å². The zero-order valence-electron chi connectivity index (χ0n) is 10.6. The molecule has 98 valence electrons. The Morgan fingerprint density at radius 3 is 2.16 bits per heavy atom. The van der Waals surface area contributed by atoms with Crippen molar-refractivity contribution in [2.24, 2.45) is 0 Å². The molecule has 0 amide bonds. The van der Waals surface area contributed by atoms with E-state index in [9.17, 15) is 4.79 Å². The third-order valence-electron chi connectivity index (χ3n) is 2.84. The van der Waals surface area contributed by atoms with Crippen LogP contribution >= 0.6 is 11.6 Å². The van der Waals surface area contributed by atoms with Crippen molar-refractivity contribution >= 4 is 17.9 Å². The summed E-state index contributed by atoms with van der Waals surface area (Å²) in [4.78, 5) is 10.8. The third-order valence-corrected chi connectivity index (χ3v) is 3.17. The molecule has 0 aliphatic carbocycles. The molecule has 0 saturated carbocycles. The van der Waals surface area contributed by atoms with Crippen molar-refractivity contribution < 1.29 is 14.3 Å². The summed E-state index contributed by atoms with van der Waals surface area (Å²) in [5.74, 6) is 1.38. The van der Waals surface area contributed by atoms with Gasteiger partial charge in [0.1, 0.15) is 11.5 Å². The van der Waals surface area contributed by atoms with Crippen LogP contribution in [0.25, 0.3) is 11.1 Å². The van der Waals surface area contributed by atoms with E-state index in [-0.39, 0.29) is 0 Å². The Balaban J connectivity index is 2.63. The Labute approximate surface area is 116 Å². The minimum atomic E-state index is 0.403. The molecule has 0 atom stereocenters. The number of ether oxygens (including phenoxy) is 2. The first-order valence-electron chi connectivity index (χ1n) is 5.67. The molecule has 0 heterocycles. The zero-order valence-corrected chi connectivity index (χ0v) is 11.4. The van der Waals surface area contributed by atoms with Gasteiger partial charge >= 0.3 is 0 Å². The van der Waals surface area contributed by atoms with E-state index in [1.165, 1.54) is 0 Å². The first-order chi connectivity index (χ1) is 9.21. The summed E-state index contributed by atoms with van der Waals surface area (Å²) in [6.07, 6.45) is 0.728. The van der Waals surface area contributed by atoms with Gasteiger partial charge in [-0.1, -0.05) is 23.7 Å². The lowest BCUT2D eigenvalue weighted by atomic mass is 10.0. The summed E-state index contributed by atoms with van der Waals surface area (Å²) >= 11 is 6.06. The van der Waals surface area contributed by atoms with Crippen molar-refractivity contribution in [3.05, 3.63) is 47.0 Å². The van der Waals surface area contributed by atoms with E-state index in [1.54, 1.807) is 26.4 Å². The van der Waals surface area contributed by atoms with Gasteiger partial charge in [0.15, 0.2) is 6.29 Å². The van der Waals surface area contributed by atoms with Gasteiger partial charge in [-0.25, -0.2) is 0 Å². The summed E-state index contributed by atoms with van der Waals surface area (Å²) < 4.78 is 10.7. The third kappa shape index (κ3) is 2.56. The molecule has 0 radical (unpaired) electrons. The molecular formula is C15H13ClO3. The van der Waals surface area contributed by atoms with E-state index in [1.807, 2.05) is 24.3 Å². The average molecular weight is 277 g/mol. The lowest BCUT2D eigenvalue weighted by Gasteiger charge is -2.13. The second-order valence-electron chi connectivity index (χ2n) is 3.89. The van der Waals surface area contributed by atoms with Crippen LogP contribution in [0.1, 0.15) is 10.4 Å². The van der Waals surface area contributed by atoms with Crippen LogP contribution in [0.3, 0.4) is 0 Å². The van der Waals surface area contributed by atoms with E-state index in [2.05, 4.69) is 0 Å². The lowest BCUT2D eigenvalue weighted by molar-refractivity contribution is 0.112. The maximum absolute atomic E-state index is 10.8. The second-order valence-corrected chi connectivity index (χ2v) is 4.30. The van der Waals surface area contributed by atoms with Gasteiger partial charge in [-0.3, -0.25) is 4.79 Å². The molecule has 19 heavy (non-hydrogen) atoms. The normalized spacial score (nSPS) is 10.1. The molecule has 0 fully saturated rings. The van der Waals surface area contributed by atoms with E-state index < -0.39 is 0 Å². The number of carbonyl (C=O) groups is 1. The summed E-state index contributed by atoms with van der Waals surface area (Å²) in [6.45, 7) is 0. The van der Waals surface area contributed by atoms with E-state index in [0.29, 0.717) is 22.1 Å². The summed E-state index contributed by atoms with van der Waals surface area (Å²) in [5, 5.41) is 0.403. The highest BCUT2D eigenvalue weighted by molar-refractivity contribution is 6.33. The number of benzene rings is 2. The van der Waals surface area contributed by atoms with Crippen LogP contribution in [0.4, 0.5) is 0 Å². The smallest absolute Gasteiger partial charge is 0.151 e. The van der Waals surface area contributed by atoms with Crippen molar-refractivity contribution in [3.63, 3.8) is 0 Å². The molecule has 2 rings (SSSR count). The van der Waals surface area contributed by atoms with Crippen LogP contribution in [0, 0.1) is 0 Å². The highest BCUT2D eigenvalue weighted by atomic mass is 35.5. The fraction of sp³-hybridized carbons (Fsp3) is 0.133. The maximum atomic E-state index is 10.8. The largest absolute Gasteiger partial charge is 0.496 e. The summed E-state index contributed by atoms with van der Waals surface area (Å²) in [6, 6.07) is 10.8. The number of hydrogen-bond donors (Lipinski definition) is 0. The van der Waals surface area contributed by atoms with Gasteiger partial charge in [0.2, 0.25) is 0 Å². The van der Waals surface area contributed by atoms with Crippen LogP contribution in [0.15, 0.2) is 36.4 Å². The highest BCUT2D eigenvalue weighted by Gasteiger charge is 2.13. The first kappa shape index (κ1) is 13.4. The van der Waals surface area contributed by atoms with Crippen LogP contribution in [0.2, 0.25) is 5.02 Å². The minimum Gasteiger partial charge on any atom is -0.496 e. The lowest BCUT2D eigenvalue weighted by Crippen LogP contribution is -1.93. The summed E-state index contributed by atoms with van der Waals surface area (Å²) in [5.41, 5.74) is 2.11. The number of hydrogen-bond acceptors (Lipinski definition) is 3. The molecule has 0 aliphatic rings. The van der Waals surface area contributed by atoms with Gasteiger partial charge in [0.05, 0.1) is 24.8 Å². The Bertz CT molecular complexity index is 586. The highest BCUT2D eigenvalue weighted by Crippen LogP contribution is 2.39. The molecular weight excluding hydrogens is 264 g/mol. The van der Waals surface area contributed by atoms with E-state index in [0.717, 1.165) is 17.4 Å². The fourth-order valence-corrected chi connectivity index (χ4v) is 2.14. The monoisotopic (exact) mass is 276 g/mol. The predicted molar refractivity (Wildman–Crippen MR) is 75.4 cm³/mol. The number of carbonyl (C=O) groups excluding carboxylic acids is 1. The Morgan fingerprint density at radius 1 is 1.05 bits per heavy atom. The molecule has 0 spiro atoms. The fourth-order valence-electron chi connectivity index (χ4n) is 1.91. The van der Waals surface area contributed by atoms with Gasteiger partial charge in [0, 0.05) is 5.56 Å². The number of methoxy groups -OCH3 is 2. The van der Waals surface area contributed by atoms with Crippen molar-refractivity contribution in [2.75, 3.05) is 14.2 Å². The van der Waals surface area contributed by atoms with Crippen LogP contribution < -0.4 is 9.47 Å². The standard InChI is InChI=1S/C15H13ClO3/c1-18-13-4-3-5-14(19-2)15(13)10-6-7-11(9-17)12(16)8-10/h3-9H,1-2H3. The van der Waals surface area contributed by atoms with E-state index >= 15 is 0 Å². The molecule has 0 aliphatic heterocycles. The van der Waals surface area contributed by atoms with Crippen molar-refractivity contribution in [3.8, 4) is 22.6 Å². The zero-order chi connectivity index (χ0) is 13.8. The van der Waals surface area contributed by atoms with Gasteiger partial charge in [-0.2, -0.15) is 0 Å². The molecule has 4 heteroatoms. The number of halogens is 1. The van der Waals surface area contributed by atoms with Gasteiger partial charge in [0.25, 0.3) is 0 Å². The predicted octanol–water partition coefficient (Wildman–Crippen LogP) is 3.84. The van der Waals surface area contributed by atoms with Crippen LogP contribution in [0.5, 0.6) is 11.5 Å². The molecule has 0 bridgehead atoms. The van der Waals surface area contributed by atoms with Gasteiger partial charge < -0.3 is 9.47 Å². The Morgan fingerprint density at radius 2 is 1.68 bits per heavy atom. The number of rotatable bonds is 4. The van der Waals surface area contributed by atoms with Crippen LogP contribution in [-0.2, 0) is 0 Å². The first-order valence-corrected chi connectivity index (χ1v) is 6.05. The van der Waals surface area contributed by atoms with Crippen molar-refractivity contribution in [1.82, 2.24) is 0 Å². The molecule has 0 N–H and O–H groups in total. The summed E-state index contributed by atoms with van der Waals surface area (Å²) in [7, 11) is 3.19.